The predicted octanol–water partition coefficient (Wildman–Crippen LogP) is 1.97. The van der Waals surface area contributed by atoms with E-state index in [2.05, 4.69) is 17.2 Å². The fraction of sp³-hybridized carbons (Fsp3) is 0.421. The molecule has 0 bridgehead atoms. The molecule has 1 aromatic carbocycles. The first-order chi connectivity index (χ1) is 12.8. The Balaban J connectivity index is 2.53. The van der Waals surface area contributed by atoms with Crippen molar-refractivity contribution < 1.29 is 28.6 Å². The quantitative estimate of drug-likeness (QED) is 0.503. The normalized spacial score (nSPS) is 11.3. The number of hydrogen-bond donors (Lipinski definition) is 2. The van der Waals surface area contributed by atoms with Crippen LogP contribution in [0.2, 0.25) is 0 Å². The minimum Gasteiger partial charge on any atom is -0.493 e. The van der Waals surface area contributed by atoms with E-state index < -0.39 is 30.6 Å². The number of imide groups is 1. The molecule has 3 amide bonds. The van der Waals surface area contributed by atoms with E-state index in [9.17, 15) is 14.4 Å². The lowest BCUT2D eigenvalue weighted by molar-refractivity contribution is -0.156. The molecule has 0 fully saturated rings. The summed E-state index contributed by atoms with van der Waals surface area (Å²) >= 11 is 0. The maximum Gasteiger partial charge on any atom is 0.344 e. The highest BCUT2D eigenvalue weighted by Gasteiger charge is 2.20. The summed E-state index contributed by atoms with van der Waals surface area (Å²) in [6, 6.07) is 4.51. The molecule has 0 aliphatic heterocycles. The summed E-state index contributed by atoms with van der Waals surface area (Å²) in [5.74, 6) is -0.638. The molecule has 0 unspecified atom stereocenters. The Bertz CT molecular complexity index is 687. The first-order valence-corrected chi connectivity index (χ1v) is 8.48. The van der Waals surface area contributed by atoms with Crippen LogP contribution in [0.1, 0.15) is 26.3 Å². The van der Waals surface area contributed by atoms with Gasteiger partial charge in [-0.3, -0.25) is 10.1 Å². The Morgan fingerprint density at radius 1 is 1.19 bits per heavy atom. The lowest BCUT2D eigenvalue weighted by atomic mass is 10.1. The molecular weight excluding hydrogens is 352 g/mol. The third-order valence-corrected chi connectivity index (χ3v) is 3.29. The molecule has 0 heterocycles. The molecule has 0 aliphatic carbocycles. The second-order valence-electron chi connectivity index (χ2n) is 6.02. The lowest BCUT2D eigenvalue weighted by Crippen LogP contribution is -2.46. The fourth-order valence-corrected chi connectivity index (χ4v) is 2.06. The topological polar surface area (TPSA) is 103 Å². The van der Waals surface area contributed by atoms with Gasteiger partial charge in [0, 0.05) is 6.04 Å². The van der Waals surface area contributed by atoms with Crippen molar-refractivity contribution in [2.24, 2.45) is 0 Å². The van der Waals surface area contributed by atoms with E-state index in [-0.39, 0.29) is 6.04 Å². The average molecular weight is 378 g/mol. The highest BCUT2D eigenvalue weighted by molar-refractivity contribution is 5.97. The van der Waals surface area contributed by atoms with Crippen molar-refractivity contribution >= 4 is 17.9 Å². The van der Waals surface area contributed by atoms with E-state index in [0.29, 0.717) is 17.9 Å². The zero-order valence-corrected chi connectivity index (χ0v) is 16.0. The van der Waals surface area contributed by atoms with Gasteiger partial charge in [0.2, 0.25) is 0 Å². The number of amides is 3. The molecule has 0 aromatic heterocycles. The van der Waals surface area contributed by atoms with E-state index in [1.807, 2.05) is 6.07 Å². The maximum atomic E-state index is 11.9. The van der Waals surface area contributed by atoms with Gasteiger partial charge in [-0.15, -0.1) is 6.58 Å². The Morgan fingerprint density at radius 2 is 1.89 bits per heavy atom. The van der Waals surface area contributed by atoms with Crippen LogP contribution in [0.4, 0.5) is 4.79 Å². The standard InChI is InChI=1S/C19H26N2O6/c1-6-7-14-8-9-15(16(10-14)25-5)26-11-17(22)27-13(4)18(23)21-19(24)20-12(2)3/h6,8-10,12-13H,1,7,11H2,2-5H3,(H2,20,21,23,24)/t13-/m1/s1. The van der Waals surface area contributed by atoms with Gasteiger partial charge in [0.25, 0.3) is 5.91 Å². The molecule has 148 valence electrons. The number of allylic oxidation sites excluding steroid dienone is 1. The van der Waals surface area contributed by atoms with Crippen LogP contribution in [0.25, 0.3) is 0 Å². The molecule has 0 radical (unpaired) electrons. The number of esters is 1. The second-order valence-corrected chi connectivity index (χ2v) is 6.02. The molecule has 1 aromatic rings. The van der Waals surface area contributed by atoms with E-state index in [0.717, 1.165) is 5.56 Å². The van der Waals surface area contributed by atoms with Crippen LogP contribution in [0, 0.1) is 0 Å². The molecule has 1 atom stereocenters. The summed E-state index contributed by atoms with van der Waals surface area (Å²) in [6.45, 7) is 8.13. The largest absolute Gasteiger partial charge is 0.493 e. The summed E-state index contributed by atoms with van der Waals surface area (Å²) in [5, 5.41) is 4.59. The molecule has 8 nitrogen and oxygen atoms in total. The lowest BCUT2D eigenvalue weighted by Gasteiger charge is -2.15. The number of benzene rings is 1. The van der Waals surface area contributed by atoms with Gasteiger partial charge in [-0.25, -0.2) is 9.59 Å². The average Bonchev–Trinajstić information content (AvgIpc) is 2.59. The molecule has 2 N–H and O–H groups in total. The van der Waals surface area contributed by atoms with Crippen LogP contribution < -0.4 is 20.1 Å². The minimum absolute atomic E-state index is 0.128. The minimum atomic E-state index is -1.14. The number of ether oxygens (including phenoxy) is 3. The zero-order chi connectivity index (χ0) is 20.4. The number of methoxy groups -OCH3 is 1. The highest BCUT2D eigenvalue weighted by atomic mass is 16.6. The van der Waals surface area contributed by atoms with Crippen LogP contribution in [0.15, 0.2) is 30.9 Å². The molecule has 8 heteroatoms. The van der Waals surface area contributed by atoms with Crippen molar-refractivity contribution in [1.82, 2.24) is 10.6 Å². The second kappa shape index (κ2) is 10.8. The zero-order valence-electron chi connectivity index (χ0n) is 16.0. The third kappa shape index (κ3) is 7.81. The summed E-state index contributed by atoms with van der Waals surface area (Å²) in [7, 11) is 1.49. The van der Waals surface area contributed by atoms with Crippen LogP contribution in [-0.2, 0) is 20.7 Å². The van der Waals surface area contributed by atoms with Gasteiger partial charge in [0.1, 0.15) is 0 Å². The van der Waals surface area contributed by atoms with Crippen molar-refractivity contribution in [3.8, 4) is 11.5 Å². The van der Waals surface area contributed by atoms with Gasteiger partial charge in [-0.05, 0) is 44.9 Å². The van der Waals surface area contributed by atoms with Gasteiger partial charge in [0.15, 0.2) is 24.2 Å². The molecule has 0 saturated carbocycles. The highest BCUT2D eigenvalue weighted by Crippen LogP contribution is 2.28. The number of carbonyl (C=O) groups is 3. The van der Waals surface area contributed by atoms with Crippen LogP contribution in [0.5, 0.6) is 11.5 Å². The van der Waals surface area contributed by atoms with Crippen molar-refractivity contribution in [2.75, 3.05) is 13.7 Å². The van der Waals surface area contributed by atoms with Crippen molar-refractivity contribution in [1.29, 1.82) is 0 Å². The first-order valence-electron chi connectivity index (χ1n) is 8.48. The predicted molar refractivity (Wildman–Crippen MR) is 99.8 cm³/mol. The SMILES string of the molecule is C=CCc1ccc(OCC(=O)O[C@H](C)C(=O)NC(=O)NC(C)C)c(OC)c1. The maximum absolute atomic E-state index is 11.9. The molecule has 1 rings (SSSR count). The van der Waals surface area contributed by atoms with E-state index in [4.69, 9.17) is 14.2 Å². The number of rotatable bonds is 9. The van der Waals surface area contributed by atoms with Gasteiger partial charge in [-0.1, -0.05) is 12.1 Å². The fourth-order valence-electron chi connectivity index (χ4n) is 2.06. The van der Waals surface area contributed by atoms with Crippen LogP contribution >= 0.6 is 0 Å². The van der Waals surface area contributed by atoms with Crippen LogP contribution in [-0.4, -0.2) is 43.8 Å². The van der Waals surface area contributed by atoms with E-state index >= 15 is 0 Å². The van der Waals surface area contributed by atoms with Gasteiger partial charge < -0.3 is 19.5 Å². The smallest absolute Gasteiger partial charge is 0.344 e. The third-order valence-electron chi connectivity index (χ3n) is 3.29. The number of carbonyl (C=O) groups excluding carboxylic acids is 3. The summed E-state index contributed by atoms with van der Waals surface area (Å²) in [4.78, 5) is 35.2. The Kier molecular flexibility index (Phi) is 8.84. The van der Waals surface area contributed by atoms with Gasteiger partial charge in [-0.2, -0.15) is 0 Å². The molecule has 0 spiro atoms. The Morgan fingerprint density at radius 3 is 2.48 bits per heavy atom. The van der Waals surface area contributed by atoms with Gasteiger partial charge in [0.05, 0.1) is 7.11 Å². The molecule has 0 aliphatic rings. The van der Waals surface area contributed by atoms with Crippen molar-refractivity contribution in [3.05, 3.63) is 36.4 Å². The molecule has 0 saturated heterocycles. The summed E-state index contributed by atoms with van der Waals surface area (Å²) in [5.41, 5.74) is 0.988. The first kappa shape index (κ1) is 22.0. The van der Waals surface area contributed by atoms with Crippen LogP contribution in [0.3, 0.4) is 0 Å². The van der Waals surface area contributed by atoms with E-state index in [1.165, 1.54) is 14.0 Å². The Hall–Kier alpha value is -3.03. The molecular formula is C19H26N2O6. The Labute approximate surface area is 158 Å². The van der Waals surface area contributed by atoms with Crippen molar-refractivity contribution in [3.63, 3.8) is 0 Å². The summed E-state index contributed by atoms with van der Waals surface area (Å²) < 4.78 is 15.6. The summed E-state index contributed by atoms with van der Waals surface area (Å²) in [6.07, 6.45) is 1.30. The van der Waals surface area contributed by atoms with Gasteiger partial charge >= 0.3 is 12.0 Å². The monoisotopic (exact) mass is 378 g/mol. The number of hydrogen-bond acceptors (Lipinski definition) is 6. The molecule has 27 heavy (non-hydrogen) atoms. The number of nitrogens with one attached hydrogen (secondary N) is 2. The van der Waals surface area contributed by atoms with E-state index in [1.54, 1.807) is 32.1 Å². The number of urea groups is 1. The van der Waals surface area contributed by atoms with Crippen molar-refractivity contribution in [2.45, 2.75) is 39.3 Å².